The first kappa shape index (κ1) is 16.0. The predicted molar refractivity (Wildman–Crippen MR) is 87.4 cm³/mol. The van der Waals surface area contributed by atoms with Crippen LogP contribution in [0.2, 0.25) is 0 Å². The molecular formula is C18H28N2O. The van der Waals surface area contributed by atoms with E-state index in [0.29, 0.717) is 11.8 Å². The number of nitrogens with two attached hydrogens (primary N) is 1. The Morgan fingerprint density at radius 3 is 2.57 bits per heavy atom. The highest BCUT2D eigenvalue weighted by atomic mass is 16.1. The molecule has 1 saturated carbocycles. The van der Waals surface area contributed by atoms with Gasteiger partial charge in [0.25, 0.3) is 5.91 Å². The van der Waals surface area contributed by atoms with Crippen molar-refractivity contribution in [2.24, 2.45) is 17.6 Å². The molecule has 0 spiro atoms. The van der Waals surface area contributed by atoms with Gasteiger partial charge in [0.15, 0.2) is 0 Å². The maximum Gasteiger partial charge on any atom is 0.251 e. The smallest absolute Gasteiger partial charge is 0.251 e. The third-order valence-electron chi connectivity index (χ3n) is 4.62. The van der Waals surface area contributed by atoms with Gasteiger partial charge in [0.05, 0.1) is 0 Å². The fourth-order valence-corrected chi connectivity index (χ4v) is 3.35. The van der Waals surface area contributed by atoms with Crippen LogP contribution < -0.4 is 11.1 Å². The fourth-order valence-electron chi connectivity index (χ4n) is 3.35. The molecule has 116 valence electrons. The minimum atomic E-state index is -0.0267. The number of nitrogens with one attached hydrogen (secondary N) is 1. The summed E-state index contributed by atoms with van der Waals surface area (Å²) in [6.07, 6.45) is 3.62. The lowest BCUT2D eigenvalue weighted by Gasteiger charge is -2.23. The summed E-state index contributed by atoms with van der Waals surface area (Å²) < 4.78 is 0. The highest BCUT2D eigenvalue weighted by molar-refractivity contribution is 5.96. The van der Waals surface area contributed by atoms with Gasteiger partial charge in [0.2, 0.25) is 0 Å². The monoisotopic (exact) mass is 288 g/mol. The first-order valence-corrected chi connectivity index (χ1v) is 8.01. The van der Waals surface area contributed by atoms with E-state index in [9.17, 15) is 4.79 Å². The Labute approximate surface area is 128 Å². The van der Waals surface area contributed by atoms with Gasteiger partial charge >= 0.3 is 0 Å². The molecule has 2 atom stereocenters. The van der Waals surface area contributed by atoms with E-state index in [0.717, 1.165) is 24.2 Å². The lowest BCUT2D eigenvalue weighted by molar-refractivity contribution is 0.0942. The Kier molecular flexibility index (Phi) is 5.04. The Hall–Kier alpha value is -1.35. The summed E-state index contributed by atoms with van der Waals surface area (Å²) in [6.45, 7) is 7.90. The Balaban J connectivity index is 2.04. The zero-order valence-electron chi connectivity index (χ0n) is 13.5. The van der Waals surface area contributed by atoms with Crippen molar-refractivity contribution >= 4 is 5.91 Å². The summed E-state index contributed by atoms with van der Waals surface area (Å²) in [5.74, 6) is 1.16. The van der Waals surface area contributed by atoms with Gasteiger partial charge in [-0.1, -0.05) is 45.4 Å². The Morgan fingerprint density at radius 2 is 1.90 bits per heavy atom. The quantitative estimate of drug-likeness (QED) is 0.894. The number of benzene rings is 1. The summed E-state index contributed by atoms with van der Waals surface area (Å²) in [6, 6.07) is 7.90. The second-order valence-corrected chi connectivity index (χ2v) is 7.19. The van der Waals surface area contributed by atoms with Crippen molar-refractivity contribution in [3.8, 4) is 0 Å². The van der Waals surface area contributed by atoms with E-state index < -0.39 is 0 Å². The summed E-state index contributed by atoms with van der Waals surface area (Å²) in [5, 5.41) is 3.12. The molecule has 1 aromatic rings. The van der Waals surface area contributed by atoms with Crippen molar-refractivity contribution < 1.29 is 4.79 Å². The third-order valence-corrected chi connectivity index (χ3v) is 4.62. The molecule has 2 rings (SSSR count). The van der Waals surface area contributed by atoms with E-state index in [-0.39, 0.29) is 11.3 Å². The standard InChI is InChI=1S/C18H28N2O/c1-18(2,3)16-10-5-4-9-15(16)17(21)20-12-14-8-6-7-13(14)11-19/h4-5,9-10,13-14H,6-8,11-12,19H2,1-3H3,(H,20,21). The number of carbonyl (C=O) groups is 1. The normalized spacial score (nSPS) is 22.3. The molecule has 0 aromatic heterocycles. The molecule has 3 N–H and O–H groups in total. The van der Waals surface area contributed by atoms with Gasteiger partial charge < -0.3 is 11.1 Å². The minimum Gasteiger partial charge on any atom is -0.352 e. The molecule has 1 fully saturated rings. The molecule has 2 unspecified atom stereocenters. The molecule has 0 bridgehead atoms. The molecule has 3 nitrogen and oxygen atoms in total. The van der Waals surface area contributed by atoms with Gasteiger partial charge in [-0.2, -0.15) is 0 Å². The maximum absolute atomic E-state index is 12.5. The average Bonchev–Trinajstić information content (AvgIpc) is 2.91. The van der Waals surface area contributed by atoms with Crippen LogP contribution in [0.15, 0.2) is 24.3 Å². The number of hydrogen-bond acceptors (Lipinski definition) is 2. The summed E-state index contributed by atoms with van der Waals surface area (Å²) in [7, 11) is 0. The zero-order valence-corrected chi connectivity index (χ0v) is 13.5. The van der Waals surface area contributed by atoms with Crippen molar-refractivity contribution in [1.82, 2.24) is 5.32 Å². The molecule has 3 heteroatoms. The third kappa shape index (κ3) is 3.85. The lowest BCUT2D eigenvalue weighted by Crippen LogP contribution is -2.34. The first-order chi connectivity index (χ1) is 9.93. The number of rotatable bonds is 4. The van der Waals surface area contributed by atoms with Gasteiger partial charge in [-0.3, -0.25) is 4.79 Å². The predicted octanol–water partition coefficient (Wildman–Crippen LogP) is 3.09. The molecular weight excluding hydrogens is 260 g/mol. The highest BCUT2D eigenvalue weighted by Gasteiger charge is 2.27. The number of hydrogen-bond donors (Lipinski definition) is 2. The van der Waals surface area contributed by atoms with Gasteiger partial charge in [-0.25, -0.2) is 0 Å². The molecule has 0 radical (unpaired) electrons. The first-order valence-electron chi connectivity index (χ1n) is 8.01. The van der Waals surface area contributed by atoms with Crippen molar-refractivity contribution in [2.45, 2.75) is 45.4 Å². The Morgan fingerprint density at radius 1 is 1.24 bits per heavy atom. The number of carbonyl (C=O) groups excluding carboxylic acids is 1. The summed E-state index contributed by atoms with van der Waals surface area (Å²) >= 11 is 0. The van der Waals surface area contributed by atoms with E-state index in [1.807, 2.05) is 24.3 Å². The lowest BCUT2D eigenvalue weighted by atomic mass is 9.83. The maximum atomic E-state index is 12.5. The molecule has 0 saturated heterocycles. The molecule has 1 amide bonds. The summed E-state index contributed by atoms with van der Waals surface area (Å²) in [4.78, 5) is 12.5. The summed E-state index contributed by atoms with van der Waals surface area (Å²) in [5.41, 5.74) is 7.68. The van der Waals surface area contributed by atoms with E-state index >= 15 is 0 Å². The molecule has 0 aliphatic heterocycles. The fraction of sp³-hybridized carbons (Fsp3) is 0.611. The van der Waals surface area contributed by atoms with Crippen molar-refractivity contribution in [2.75, 3.05) is 13.1 Å². The van der Waals surface area contributed by atoms with Gasteiger partial charge in [-0.15, -0.1) is 0 Å². The molecule has 1 aliphatic rings. The largest absolute Gasteiger partial charge is 0.352 e. The molecule has 1 aliphatic carbocycles. The molecule has 0 heterocycles. The molecule has 1 aromatic carbocycles. The van der Waals surface area contributed by atoms with E-state index in [1.165, 1.54) is 19.3 Å². The van der Waals surface area contributed by atoms with Gasteiger partial charge in [0.1, 0.15) is 0 Å². The van der Waals surface area contributed by atoms with Gasteiger partial charge in [-0.05, 0) is 48.3 Å². The average molecular weight is 288 g/mol. The van der Waals surface area contributed by atoms with Crippen LogP contribution in [-0.4, -0.2) is 19.0 Å². The molecule has 21 heavy (non-hydrogen) atoms. The van der Waals surface area contributed by atoms with Crippen LogP contribution in [0, 0.1) is 11.8 Å². The van der Waals surface area contributed by atoms with E-state index in [4.69, 9.17) is 5.73 Å². The van der Waals surface area contributed by atoms with E-state index in [1.54, 1.807) is 0 Å². The second-order valence-electron chi connectivity index (χ2n) is 7.19. The van der Waals surface area contributed by atoms with Crippen LogP contribution in [-0.2, 0) is 5.41 Å². The number of amides is 1. The van der Waals surface area contributed by atoms with Crippen molar-refractivity contribution in [1.29, 1.82) is 0 Å². The second kappa shape index (κ2) is 6.61. The SMILES string of the molecule is CC(C)(C)c1ccccc1C(=O)NCC1CCCC1CN. The minimum absolute atomic E-state index is 0.0267. The van der Waals surface area contributed by atoms with Crippen LogP contribution in [0.4, 0.5) is 0 Å². The van der Waals surface area contributed by atoms with Crippen molar-refractivity contribution in [3.63, 3.8) is 0 Å². The van der Waals surface area contributed by atoms with Crippen LogP contribution in [0.3, 0.4) is 0 Å². The topological polar surface area (TPSA) is 55.1 Å². The van der Waals surface area contributed by atoms with Crippen LogP contribution in [0.1, 0.15) is 56.0 Å². The Bertz CT molecular complexity index is 490. The van der Waals surface area contributed by atoms with Crippen LogP contribution >= 0.6 is 0 Å². The highest BCUT2D eigenvalue weighted by Crippen LogP contribution is 2.30. The van der Waals surface area contributed by atoms with E-state index in [2.05, 4.69) is 26.1 Å². The van der Waals surface area contributed by atoms with Crippen molar-refractivity contribution in [3.05, 3.63) is 35.4 Å². The van der Waals surface area contributed by atoms with Crippen LogP contribution in [0.25, 0.3) is 0 Å². The zero-order chi connectivity index (χ0) is 15.5. The van der Waals surface area contributed by atoms with Gasteiger partial charge in [0, 0.05) is 12.1 Å². The van der Waals surface area contributed by atoms with Crippen LogP contribution in [0.5, 0.6) is 0 Å².